The molecule has 0 unspecified atom stereocenters. The van der Waals surface area contributed by atoms with Gasteiger partial charge in [0.25, 0.3) is 0 Å². The largest absolute Gasteiger partial charge is 0.372 e. The minimum Gasteiger partial charge on any atom is -0.372 e. The van der Waals surface area contributed by atoms with E-state index in [2.05, 4.69) is 20.6 Å². The first-order chi connectivity index (χ1) is 7.08. The molecule has 0 aromatic carbocycles. The lowest BCUT2D eigenvalue weighted by atomic mass is 10.3. The van der Waals surface area contributed by atoms with Crippen LogP contribution in [-0.2, 0) is 0 Å². The van der Waals surface area contributed by atoms with Gasteiger partial charge in [-0.2, -0.15) is 15.2 Å². The van der Waals surface area contributed by atoms with Crippen LogP contribution in [0.3, 0.4) is 0 Å². The lowest BCUT2D eigenvalue weighted by Crippen LogP contribution is -2.14. The highest BCUT2D eigenvalue weighted by Gasteiger charge is 2.11. The molecule has 15 heavy (non-hydrogen) atoms. The summed E-state index contributed by atoms with van der Waals surface area (Å²) in [6.07, 6.45) is 0. The van der Waals surface area contributed by atoms with Gasteiger partial charge in [0.1, 0.15) is 11.6 Å². The smallest absolute Gasteiger partial charge is 0.226 e. The summed E-state index contributed by atoms with van der Waals surface area (Å²) in [5.41, 5.74) is 0.258. The van der Waals surface area contributed by atoms with Crippen LogP contribution in [0.5, 0.6) is 0 Å². The van der Waals surface area contributed by atoms with Crippen LogP contribution < -0.4 is 10.6 Å². The van der Waals surface area contributed by atoms with Crippen molar-refractivity contribution in [2.24, 2.45) is 0 Å². The Labute approximate surface area is 93.5 Å². The van der Waals surface area contributed by atoms with Gasteiger partial charge in [0.2, 0.25) is 5.95 Å². The van der Waals surface area contributed by atoms with E-state index in [1.807, 2.05) is 19.9 Å². The van der Waals surface area contributed by atoms with Crippen LogP contribution in [-0.4, -0.2) is 23.1 Å². The maximum Gasteiger partial charge on any atom is 0.226 e. The van der Waals surface area contributed by atoms with Crippen molar-refractivity contribution in [2.45, 2.75) is 19.9 Å². The molecule has 0 bridgehead atoms. The van der Waals surface area contributed by atoms with Crippen molar-refractivity contribution in [1.82, 2.24) is 9.97 Å². The molecule has 0 saturated heterocycles. The first-order valence-corrected chi connectivity index (χ1v) is 4.88. The monoisotopic (exact) mass is 225 g/mol. The molecular formula is C9H12ClN5. The molecule has 0 fully saturated rings. The fourth-order valence-corrected chi connectivity index (χ4v) is 1.25. The third-order valence-electron chi connectivity index (χ3n) is 1.63. The number of nitrogens with zero attached hydrogens (tertiary/aromatic N) is 3. The Morgan fingerprint density at radius 1 is 1.40 bits per heavy atom. The van der Waals surface area contributed by atoms with Crippen LogP contribution in [0.15, 0.2) is 0 Å². The van der Waals surface area contributed by atoms with E-state index in [-0.39, 0.29) is 16.8 Å². The first kappa shape index (κ1) is 11.5. The van der Waals surface area contributed by atoms with Crippen molar-refractivity contribution in [3.8, 4) is 6.07 Å². The van der Waals surface area contributed by atoms with E-state index in [0.717, 1.165) is 0 Å². The third kappa shape index (κ3) is 2.70. The molecule has 0 atom stereocenters. The van der Waals surface area contributed by atoms with Gasteiger partial charge in [0, 0.05) is 13.1 Å². The minimum absolute atomic E-state index is 0.153. The second kappa shape index (κ2) is 4.80. The summed E-state index contributed by atoms with van der Waals surface area (Å²) in [4.78, 5) is 8.10. The SMILES string of the molecule is CNc1nc(NC(C)C)nc(Cl)c1C#N. The van der Waals surface area contributed by atoms with Gasteiger partial charge in [-0.1, -0.05) is 11.6 Å². The number of hydrogen-bond donors (Lipinski definition) is 2. The normalized spacial score (nSPS) is 9.87. The molecule has 0 radical (unpaired) electrons. The number of hydrogen-bond acceptors (Lipinski definition) is 5. The highest BCUT2D eigenvalue weighted by Crippen LogP contribution is 2.21. The average molecular weight is 226 g/mol. The number of aromatic nitrogens is 2. The van der Waals surface area contributed by atoms with Crippen LogP contribution in [0.4, 0.5) is 11.8 Å². The summed E-state index contributed by atoms with van der Waals surface area (Å²) in [6.45, 7) is 3.93. The lowest BCUT2D eigenvalue weighted by molar-refractivity contribution is 0.874. The van der Waals surface area contributed by atoms with Crippen LogP contribution in [0, 0.1) is 11.3 Å². The fourth-order valence-electron chi connectivity index (χ4n) is 1.04. The molecule has 80 valence electrons. The number of anilines is 2. The van der Waals surface area contributed by atoms with Crippen molar-refractivity contribution in [3.63, 3.8) is 0 Å². The molecule has 0 aliphatic heterocycles. The van der Waals surface area contributed by atoms with Gasteiger partial charge in [-0.3, -0.25) is 0 Å². The third-order valence-corrected chi connectivity index (χ3v) is 1.90. The molecule has 2 N–H and O–H groups in total. The molecule has 1 aromatic rings. The Morgan fingerprint density at radius 3 is 2.53 bits per heavy atom. The van der Waals surface area contributed by atoms with Gasteiger partial charge < -0.3 is 10.6 Å². The number of nitriles is 1. The van der Waals surface area contributed by atoms with Crippen molar-refractivity contribution in [1.29, 1.82) is 5.26 Å². The minimum atomic E-state index is 0.153. The van der Waals surface area contributed by atoms with Gasteiger partial charge in [-0.25, -0.2) is 0 Å². The van der Waals surface area contributed by atoms with E-state index in [1.165, 1.54) is 0 Å². The molecule has 0 aliphatic rings. The molecule has 5 nitrogen and oxygen atoms in total. The van der Waals surface area contributed by atoms with Gasteiger partial charge in [0.05, 0.1) is 0 Å². The van der Waals surface area contributed by atoms with Crippen LogP contribution >= 0.6 is 11.6 Å². The summed E-state index contributed by atoms with van der Waals surface area (Å²) in [5, 5.41) is 14.8. The van der Waals surface area contributed by atoms with E-state index in [4.69, 9.17) is 16.9 Å². The second-order valence-electron chi connectivity index (χ2n) is 3.22. The Hall–Kier alpha value is -1.54. The van der Waals surface area contributed by atoms with Gasteiger partial charge in [-0.15, -0.1) is 0 Å². The maximum absolute atomic E-state index is 8.83. The van der Waals surface area contributed by atoms with E-state index in [0.29, 0.717) is 11.8 Å². The molecule has 0 spiro atoms. The summed E-state index contributed by atoms with van der Waals surface area (Å²) >= 11 is 5.84. The first-order valence-electron chi connectivity index (χ1n) is 4.50. The predicted molar refractivity (Wildman–Crippen MR) is 60.1 cm³/mol. The number of halogens is 1. The molecular weight excluding hydrogens is 214 g/mol. The summed E-state index contributed by atoms with van der Waals surface area (Å²) in [5.74, 6) is 0.846. The number of nitrogens with one attached hydrogen (secondary N) is 2. The topological polar surface area (TPSA) is 73.6 Å². The molecule has 0 aliphatic carbocycles. The van der Waals surface area contributed by atoms with Crippen LogP contribution in [0.2, 0.25) is 5.15 Å². The Balaban J connectivity index is 3.15. The standard InChI is InChI=1S/C9H12ClN5/c1-5(2)13-9-14-7(10)6(4-11)8(12-3)15-9/h5H,1-3H3,(H2,12,13,14,15). The van der Waals surface area contributed by atoms with Gasteiger partial charge >= 0.3 is 0 Å². The zero-order valence-electron chi connectivity index (χ0n) is 8.80. The second-order valence-corrected chi connectivity index (χ2v) is 3.58. The molecule has 1 heterocycles. The van der Waals surface area contributed by atoms with Crippen LogP contribution in [0.1, 0.15) is 19.4 Å². The quantitative estimate of drug-likeness (QED) is 0.769. The molecule has 0 saturated carbocycles. The van der Waals surface area contributed by atoms with E-state index in [9.17, 15) is 0 Å². The summed E-state index contributed by atoms with van der Waals surface area (Å²) in [6, 6.07) is 2.16. The van der Waals surface area contributed by atoms with E-state index >= 15 is 0 Å². The van der Waals surface area contributed by atoms with Gasteiger partial charge in [-0.05, 0) is 13.8 Å². The van der Waals surface area contributed by atoms with Gasteiger partial charge in [0.15, 0.2) is 11.0 Å². The lowest BCUT2D eigenvalue weighted by Gasteiger charge is -2.10. The summed E-state index contributed by atoms with van der Waals surface area (Å²) in [7, 11) is 1.68. The van der Waals surface area contributed by atoms with Crippen molar-refractivity contribution in [2.75, 3.05) is 17.7 Å². The Bertz CT molecular complexity index is 396. The fraction of sp³-hybridized carbons (Fsp3) is 0.444. The maximum atomic E-state index is 8.83. The van der Waals surface area contributed by atoms with Crippen molar-refractivity contribution in [3.05, 3.63) is 10.7 Å². The van der Waals surface area contributed by atoms with Crippen molar-refractivity contribution < 1.29 is 0 Å². The zero-order valence-corrected chi connectivity index (χ0v) is 9.55. The molecule has 6 heteroatoms. The Morgan fingerprint density at radius 2 is 2.07 bits per heavy atom. The summed E-state index contributed by atoms with van der Waals surface area (Å²) < 4.78 is 0. The van der Waals surface area contributed by atoms with Crippen molar-refractivity contribution >= 4 is 23.4 Å². The van der Waals surface area contributed by atoms with E-state index < -0.39 is 0 Å². The predicted octanol–water partition coefficient (Wildman–Crippen LogP) is 1.86. The molecule has 1 rings (SSSR count). The molecule has 1 aromatic heterocycles. The highest BCUT2D eigenvalue weighted by molar-refractivity contribution is 6.31. The highest BCUT2D eigenvalue weighted by atomic mass is 35.5. The van der Waals surface area contributed by atoms with E-state index in [1.54, 1.807) is 7.05 Å². The van der Waals surface area contributed by atoms with Crippen LogP contribution in [0.25, 0.3) is 0 Å². The zero-order chi connectivity index (χ0) is 11.4. The number of rotatable bonds is 3. The Kier molecular flexibility index (Phi) is 3.69. The average Bonchev–Trinajstić information content (AvgIpc) is 2.15. The molecule has 0 amide bonds.